The summed E-state index contributed by atoms with van der Waals surface area (Å²) in [6.07, 6.45) is 55.0. The van der Waals surface area contributed by atoms with E-state index in [4.69, 9.17) is 9.47 Å². The number of rotatable bonds is 32. The Morgan fingerprint density at radius 1 is 0.562 bits per heavy atom. The molecule has 3 heteroatoms. The second kappa shape index (κ2) is 30.6. The van der Waals surface area contributed by atoms with Crippen LogP contribution in [0.15, 0.2) is 48.6 Å². The molecule has 2 aliphatic rings. The third-order valence-electron chi connectivity index (χ3n) is 10.5. The van der Waals surface area contributed by atoms with Gasteiger partial charge in [-0.1, -0.05) is 140 Å². The summed E-state index contributed by atoms with van der Waals surface area (Å²) in [5.41, 5.74) is 0. The summed E-state index contributed by atoms with van der Waals surface area (Å²) in [5.74, 6) is 0.475. The first kappa shape index (κ1) is 43.0. The predicted molar refractivity (Wildman–Crippen MR) is 212 cm³/mol. The highest BCUT2D eigenvalue weighted by molar-refractivity contribution is 4.93. The maximum atomic E-state index is 6.83. The zero-order chi connectivity index (χ0) is 34.2. The lowest BCUT2D eigenvalue weighted by atomic mass is 9.98. The van der Waals surface area contributed by atoms with Gasteiger partial charge < -0.3 is 14.4 Å². The Labute approximate surface area is 300 Å². The van der Waals surface area contributed by atoms with Gasteiger partial charge in [0.25, 0.3) is 0 Å². The molecular formula is C45H81NO2. The van der Waals surface area contributed by atoms with Crippen LogP contribution in [0.1, 0.15) is 194 Å². The number of ether oxygens (including phenoxy) is 2. The van der Waals surface area contributed by atoms with E-state index in [0.717, 1.165) is 38.2 Å². The molecule has 2 heterocycles. The largest absolute Gasteiger partial charge is 0.347 e. The minimum Gasteiger partial charge on any atom is -0.347 e. The molecule has 0 aromatic carbocycles. The Morgan fingerprint density at radius 2 is 1.00 bits per heavy atom. The monoisotopic (exact) mass is 668 g/mol. The minimum atomic E-state index is -0.306. The third-order valence-corrected chi connectivity index (χ3v) is 10.5. The van der Waals surface area contributed by atoms with Gasteiger partial charge in [0.15, 0.2) is 5.79 Å². The summed E-state index contributed by atoms with van der Waals surface area (Å²) >= 11 is 0. The molecule has 0 N–H and O–H groups in total. The predicted octanol–water partition coefficient (Wildman–Crippen LogP) is 13.8. The number of hydrogen-bond donors (Lipinski definition) is 0. The fourth-order valence-electron chi connectivity index (χ4n) is 7.48. The molecule has 278 valence electrons. The van der Waals surface area contributed by atoms with Gasteiger partial charge >= 0.3 is 0 Å². The van der Waals surface area contributed by atoms with Crippen LogP contribution in [0.4, 0.5) is 0 Å². The van der Waals surface area contributed by atoms with Gasteiger partial charge in [0.1, 0.15) is 0 Å². The van der Waals surface area contributed by atoms with E-state index in [2.05, 4.69) is 74.4 Å². The Bertz CT molecular complexity index is 781. The number of likely N-dealkylation sites (tertiary alicyclic amines) is 1. The van der Waals surface area contributed by atoms with Crippen LogP contribution < -0.4 is 0 Å². The molecule has 0 aromatic rings. The van der Waals surface area contributed by atoms with Crippen molar-refractivity contribution >= 4 is 0 Å². The lowest BCUT2D eigenvalue weighted by molar-refractivity contribution is -0.180. The zero-order valence-corrected chi connectivity index (χ0v) is 32.5. The average Bonchev–Trinajstić information content (AvgIpc) is 3.69. The molecule has 2 saturated heterocycles. The first-order valence-electron chi connectivity index (χ1n) is 21.3. The zero-order valence-electron chi connectivity index (χ0n) is 32.5. The lowest BCUT2D eigenvalue weighted by Gasteiger charge is -2.29. The van der Waals surface area contributed by atoms with E-state index in [0.29, 0.717) is 6.10 Å². The summed E-state index contributed by atoms with van der Waals surface area (Å²) in [7, 11) is 2.26. The van der Waals surface area contributed by atoms with Crippen molar-refractivity contribution in [3.05, 3.63) is 48.6 Å². The number of nitrogens with zero attached hydrogens (tertiary/aromatic N) is 1. The van der Waals surface area contributed by atoms with Gasteiger partial charge in [-0.15, -0.1) is 0 Å². The summed E-state index contributed by atoms with van der Waals surface area (Å²) in [4.78, 5) is 2.47. The molecule has 0 aromatic heterocycles. The lowest BCUT2D eigenvalue weighted by Crippen LogP contribution is -2.31. The van der Waals surface area contributed by atoms with Gasteiger partial charge in [-0.05, 0) is 109 Å². The molecular weight excluding hydrogens is 587 g/mol. The molecule has 2 atom stereocenters. The van der Waals surface area contributed by atoms with Crippen LogP contribution in [-0.4, -0.2) is 43.5 Å². The highest BCUT2D eigenvalue weighted by Crippen LogP contribution is 2.37. The molecule has 48 heavy (non-hydrogen) atoms. The number of unbranched alkanes of at least 4 members (excludes halogenated alkanes) is 18. The third kappa shape index (κ3) is 23.3. The van der Waals surface area contributed by atoms with E-state index >= 15 is 0 Å². The van der Waals surface area contributed by atoms with E-state index in [-0.39, 0.29) is 5.79 Å². The van der Waals surface area contributed by atoms with Crippen LogP contribution in [0.3, 0.4) is 0 Å². The van der Waals surface area contributed by atoms with Gasteiger partial charge in [0.05, 0.1) is 12.7 Å². The molecule has 2 rings (SSSR count). The Morgan fingerprint density at radius 3 is 1.44 bits per heavy atom. The van der Waals surface area contributed by atoms with Crippen molar-refractivity contribution < 1.29 is 9.47 Å². The Kier molecular flexibility index (Phi) is 27.5. The topological polar surface area (TPSA) is 21.7 Å². The van der Waals surface area contributed by atoms with E-state index in [9.17, 15) is 0 Å². The summed E-state index contributed by atoms with van der Waals surface area (Å²) < 4.78 is 13.4. The van der Waals surface area contributed by atoms with Crippen LogP contribution in [-0.2, 0) is 9.47 Å². The molecule has 2 aliphatic heterocycles. The number of allylic oxidation sites excluding steroid dienone is 8. The van der Waals surface area contributed by atoms with Crippen molar-refractivity contribution in [1.82, 2.24) is 4.90 Å². The van der Waals surface area contributed by atoms with Crippen LogP contribution in [0, 0.1) is 5.92 Å². The van der Waals surface area contributed by atoms with Gasteiger partial charge in [-0.25, -0.2) is 0 Å². The maximum Gasteiger partial charge on any atom is 0.168 e. The van der Waals surface area contributed by atoms with Crippen LogP contribution in [0.2, 0.25) is 0 Å². The SMILES string of the molecule is CCCCCC=CCC=CCCCCCCCCC1(CCCCCCCCC=CCC=CCCCCC)OCC(CC2CCN(C)C2)O1. The highest BCUT2D eigenvalue weighted by Gasteiger charge is 2.41. The van der Waals surface area contributed by atoms with E-state index < -0.39 is 0 Å². The second-order valence-corrected chi connectivity index (χ2v) is 15.3. The van der Waals surface area contributed by atoms with E-state index in [1.54, 1.807) is 0 Å². The Balaban J connectivity index is 1.56. The van der Waals surface area contributed by atoms with Gasteiger partial charge in [-0.2, -0.15) is 0 Å². The summed E-state index contributed by atoms with van der Waals surface area (Å²) in [5, 5.41) is 0. The van der Waals surface area contributed by atoms with Crippen molar-refractivity contribution in [3.63, 3.8) is 0 Å². The van der Waals surface area contributed by atoms with Gasteiger partial charge in [-0.3, -0.25) is 0 Å². The molecule has 0 bridgehead atoms. The summed E-state index contributed by atoms with van der Waals surface area (Å²) in [6.45, 7) is 7.82. The maximum absolute atomic E-state index is 6.83. The minimum absolute atomic E-state index is 0.302. The van der Waals surface area contributed by atoms with Crippen LogP contribution in [0.5, 0.6) is 0 Å². The van der Waals surface area contributed by atoms with E-state index in [1.165, 1.54) is 167 Å². The Hall–Kier alpha value is -1.16. The summed E-state index contributed by atoms with van der Waals surface area (Å²) in [6, 6.07) is 0. The van der Waals surface area contributed by atoms with Crippen molar-refractivity contribution in [3.8, 4) is 0 Å². The molecule has 0 saturated carbocycles. The van der Waals surface area contributed by atoms with Crippen LogP contribution >= 0.6 is 0 Å². The van der Waals surface area contributed by atoms with Crippen molar-refractivity contribution in [2.45, 2.75) is 206 Å². The molecule has 3 nitrogen and oxygen atoms in total. The molecule has 2 unspecified atom stereocenters. The number of hydrogen-bond acceptors (Lipinski definition) is 3. The molecule has 0 spiro atoms. The quantitative estimate of drug-likeness (QED) is 0.0526. The van der Waals surface area contributed by atoms with Crippen molar-refractivity contribution in [1.29, 1.82) is 0 Å². The van der Waals surface area contributed by atoms with Crippen molar-refractivity contribution in [2.75, 3.05) is 26.7 Å². The van der Waals surface area contributed by atoms with Crippen molar-refractivity contribution in [2.24, 2.45) is 5.92 Å². The standard InChI is InChI=1S/C45H81NO2/c1-4-6-8-10-12-14-16-18-20-22-24-26-28-30-32-34-37-45(47-42-44(48-45)40-43-36-39-46(3)41-43)38-35-33-31-29-27-25-23-21-19-17-15-13-11-9-7-5-2/h12-15,18-21,43-44H,4-11,16-17,22-42H2,1-3H3. The van der Waals surface area contributed by atoms with Gasteiger partial charge in [0, 0.05) is 19.4 Å². The second-order valence-electron chi connectivity index (χ2n) is 15.3. The van der Waals surface area contributed by atoms with Gasteiger partial charge in [0.2, 0.25) is 0 Å². The molecule has 0 radical (unpaired) electrons. The van der Waals surface area contributed by atoms with E-state index in [1.807, 2.05) is 0 Å². The first-order chi connectivity index (χ1) is 23.7. The first-order valence-corrected chi connectivity index (χ1v) is 21.3. The molecule has 0 aliphatic carbocycles. The normalized spacial score (nSPS) is 22.2. The fourth-order valence-corrected chi connectivity index (χ4v) is 7.48. The molecule has 2 fully saturated rings. The van der Waals surface area contributed by atoms with Crippen LogP contribution in [0.25, 0.3) is 0 Å². The molecule has 0 amide bonds. The highest BCUT2D eigenvalue weighted by atomic mass is 16.7. The average molecular weight is 668 g/mol. The fraction of sp³-hybridized carbons (Fsp3) is 0.822. The smallest absolute Gasteiger partial charge is 0.168 e.